The van der Waals surface area contributed by atoms with Crippen LogP contribution < -0.4 is 11.1 Å². The molecule has 1 aromatic rings. The lowest BCUT2D eigenvalue weighted by Crippen LogP contribution is -2.32. The summed E-state index contributed by atoms with van der Waals surface area (Å²) in [7, 11) is -3.29. The molecule has 0 aliphatic carbocycles. The molecule has 0 heterocycles. The van der Waals surface area contributed by atoms with Crippen LogP contribution in [0.1, 0.15) is 23.2 Å². The Morgan fingerprint density at radius 1 is 1.29 bits per heavy atom. The number of aliphatic carboxylic acids is 1. The third kappa shape index (κ3) is 5.52. The fourth-order valence-electron chi connectivity index (χ4n) is 1.60. The third-order valence-corrected chi connectivity index (χ3v) is 3.97. The fourth-order valence-corrected chi connectivity index (χ4v) is 2.23. The van der Waals surface area contributed by atoms with E-state index in [4.69, 9.17) is 10.8 Å². The second kappa shape index (κ2) is 7.19. The Morgan fingerprint density at radius 2 is 1.86 bits per heavy atom. The van der Waals surface area contributed by atoms with Gasteiger partial charge in [0.15, 0.2) is 9.84 Å². The summed E-state index contributed by atoms with van der Waals surface area (Å²) < 4.78 is 22.6. The highest BCUT2D eigenvalue weighted by Crippen LogP contribution is 2.10. The van der Waals surface area contributed by atoms with Gasteiger partial charge in [-0.15, -0.1) is 0 Å². The molecule has 1 unspecified atom stereocenters. The Morgan fingerprint density at radius 3 is 2.33 bits per heavy atom. The van der Waals surface area contributed by atoms with Crippen LogP contribution in [0.5, 0.6) is 0 Å². The second-order valence-corrected chi connectivity index (χ2v) is 6.66. The largest absolute Gasteiger partial charge is 0.480 e. The van der Waals surface area contributed by atoms with Crippen molar-refractivity contribution in [1.29, 1.82) is 0 Å². The van der Waals surface area contributed by atoms with Gasteiger partial charge in [0, 0.05) is 18.4 Å². The average molecular weight is 314 g/mol. The summed E-state index contributed by atoms with van der Waals surface area (Å²) in [4.78, 5) is 22.4. The molecule has 8 heteroatoms. The predicted molar refractivity (Wildman–Crippen MR) is 76.7 cm³/mol. The molecule has 0 spiro atoms. The van der Waals surface area contributed by atoms with Gasteiger partial charge < -0.3 is 16.2 Å². The highest BCUT2D eigenvalue weighted by atomic mass is 32.2. The summed E-state index contributed by atoms with van der Waals surface area (Å²) in [6, 6.07) is 4.65. The van der Waals surface area contributed by atoms with E-state index in [1.807, 2.05) is 0 Å². The molecule has 7 nitrogen and oxygen atoms in total. The van der Waals surface area contributed by atoms with Crippen molar-refractivity contribution < 1.29 is 23.1 Å². The topological polar surface area (TPSA) is 127 Å². The van der Waals surface area contributed by atoms with Crippen molar-refractivity contribution in [2.45, 2.75) is 23.8 Å². The zero-order chi connectivity index (χ0) is 16.0. The lowest BCUT2D eigenvalue weighted by molar-refractivity contribution is -0.138. The summed E-state index contributed by atoms with van der Waals surface area (Å²) in [5.41, 5.74) is 5.67. The van der Waals surface area contributed by atoms with E-state index in [1.54, 1.807) is 0 Å². The SMILES string of the molecule is CS(=O)(=O)c1ccc(C(=O)NCCCC(N)C(=O)O)cc1. The number of hydrogen-bond donors (Lipinski definition) is 3. The minimum Gasteiger partial charge on any atom is -0.480 e. The number of carbonyl (C=O) groups is 2. The Kier molecular flexibility index (Phi) is 5.86. The van der Waals surface area contributed by atoms with Crippen molar-refractivity contribution in [2.75, 3.05) is 12.8 Å². The molecule has 1 aromatic carbocycles. The Labute approximate surface area is 123 Å². The summed E-state index contributed by atoms with van der Waals surface area (Å²) in [6.07, 6.45) is 1.80. The summed E-state index contributed by atoms with van der Waals surface area (Å²) in [5, 5.41) is 11.2. The predicted octanol–water partition coefficient (Wildman–Crippen LogP) is 0.0120. The van der Waals surface area contributed by atoms with Crippen LogP contribution in [-0.4, -0.2) is 44.2 Å². The van der Waals surface area contributed by atoms with Crippen LogP contribution in [0.4, 0.5) is 0 Å². The van der Waals surface area contributed by atoms with E-state index >= 15 is 0 Å². The smallest absolute Gasteiger partial charge is 0.320 e. The third-order valence-electron chi connectivity index (χ3n) is 2.84. The van der Waals surface area contributed by atoms with Crippen LogP contribution in [0.25, 0.3) is 0 Å². The van der Waals surface area contributed by atoms with E-state index in [0.717, 1.165) is 6.26 Å². The van der Waals surface area contributed by atoms with Gasteiger partial charge in [-0.05, 0) is 37.1 Å². The Balaban J connectivity index is 2.48. The number of amides is 1. The van der Waals surface area contributed by atoms with E-state index in [-0.39, 0.29) is 17.2 Å². The molecule has 1 amide bonds. The zero-order valence-electron chi connectivity index (χ0n) is 11.6. The summed E-state index contributed by atoms with van der Waals surface area (Å²) >= 11 is 0. The van der Waals surface area contributed by atoms with E-state index < -0.39 is 21.8 Å². The molecule has 0 saturated heterocycles. The normalized spacial score (nSPS) is 12.7. The lowest BCUT2D eigenvalue weighted by Gasteiger charge is -2.08. The number of nitrogens with two attached hydrogens (primary N) is 1. The minimum atomic E-state index is -3.29. The second-order valence-electron chi connectivity index (χ2n) is 4.64. The number of carbonyl (C=O) groups excluding carboxylic acids is 1. The maximum absolute atomic E-state index is 11.8. The zero-order valence-corrected chi connectivity index (χ0v) is 12.4. The van der Waals surface area contributed by atoms with Crippen LogP contribution in [0.15, 0.2) is 29.2 Å². The molecule has 0 aliphatic heterocycles. The first-order valence-corrected chi connectivity index (χ1v) is 8.17. The van der Waals surface area contributed by atoms with E-state index in [2.05, 4.69) is 5.32 Å². The first-order chi connectivity index (χ1) is 9.71. The van der Waals surface area contributed by atoms with Crippen molar-refractivity contribution in [1.82, 2.24) is 5.32 Å². The van der Waals surface area contributed by atoms with Gasteiger partial charge in [-0.3, -0.25) is 9.59 Å². The van der Waals surface area contributed by atoms with Gasteiger partial charge in [-0.25, -0.2) is 8.42 Å². The van der Waals surface area contributed by atoms with Crippen LogP contribution in [-0.2, 0) is 14.6 Å². The van der Waals surface area contributed by atoms with E-state index in [9.17, 15) is 18.0 Å². The van der Waals surface area contributed by atoms with Crippen molar-refractivity contribution in [3.8, 4) is 0 Å². The van der Waals surface area contributed by atoms with E-state index in [0.29, 0.717) is 18.5 Å². The molecule has 21 heavy (non-hydrogen) atoms. The van der Waals surface area contributed by atoms with Gasteiger partial charge in [-0.2, -0.15) is 0 Å². The molecule has 0 saturated carbocycles. The average Bonchev–Trinajstić information content (AvgIpc) is 2.42. The van der Waals surface area contributed by atoms with Crippen molar-refractivity contribution >= 4 is 21.7 Å². The first kappa shape index (κ1) is 17.1. The molecular formula is C13H18N2O5S. The maximum atomic E-state index is 11.8. The standard InChI is InChI=1S/C13H18N2O5S/c1-21(19,20)10-6-4-9(5-7-10)12(16)15-8-2-3-11(14)13(17)18/h4-7,11H,2-3,8,14H2,1H3,(H,15,16)(H,17,18). The quantitative estimate of drug-likeness (QED) is 0.609. The molecule has 116 valence electrons. The molecule has 4 N–H and O–H groups in total. The minimum absolute atomic E-state index is 0.145. The van der Waals surface area contributed by atoms with Crippen LogP contribution in [0.3, 0.4) is 0 Å². The Bertz CT molecular complexity index is 610. The van der Waals surface area contributed by atoms with Crippen LogP contribution in [0, 0.1) is 0 Å². The number of carboxylic acids is 1. The van der Waals surface area contributed by atoms with Gasteiger partial charge in [0.25, 0.3) is 5.91 Å². The first-order valence-electron chi connectivity index (χ1n) is 6.28. The molecule has 0 aliphatic rings. The van der Waals surface area contributed by atoms with Crippen molar-refractivity contribution in [3.63, 3.8) is 0 Å². The lowest BCUT2D eigenvalue weighted by atomic mass is 10.1. The van der Waals surface area contributed by atoms with Crippen molar-refractivity contribution in [3.05, 3.63) is 29.8 Å². The molecule has 1 atom stereocenters. The highest BCUT2D eigenvalue weighted by molar-refractivity contribution is 7.90. The number of sulfone groups is 1. The molecular weight excluding hydrogens is 296 g/mol. The highest BCUT2D eigenvalue weighted by Gasteiger charge is 2.12. The van der Waals surface area contributed by atoms with E-state index in [1.165, 1.54) is 24.3 Å². The molecule has 0 aromatic heterocycles. The molecule has 0 fully saturated rings. The number of nitrogens with one attached hydrogen (secondary N) is 1. The monoisotopic (exact) mass is 314 g/mol. The molecule has 0 bridgehead atoms. The molecule has 0 radical (unpaired) electrons. The Hall–Kier alpha value is -1.93. The van der Waals surface area contributed by atoms with Crippen LogP contribution >= 0.6 is 0 Å². The number of hydrogen-bond acceptors (Lipinski definition) is 5. The summed E-state index contributed by atoms with van der Waals surface area (Å²) in [6.45, 7) is 0.299. The van der Waals surface area contributed by atoms with Crippen LogP contribution in [0.2, 0.25) is 0 Å². The van der Waals surface area contributed by atoms with Crippen molar-refractivity contribution in [2.24, 2.45) is 5.73 Å². The fraction of sp³-hybridized carbons (Fsp3) is 0.385. The van der Waals surface area contributed by atoms with Gasteiger partial charge in [-0.1, -0.05) is 0 Å². The maximum Gasteiger partial charge on any atom is 0.320 e. The summed E-state index contributed by atoms with van der Waals surface area (Å²) in [5.74, 6) is -1.42. The molecule has 1 rings (SSSR count). The van der Waals surface area contributed by atoms with Gasteiger partial charge in [0.2, 0.25) is 0 Å². The van der Waals surface area contributed by atoms with Gasteiger partial charge in [0.1, 0.15) is 6.04 Å². The number of carboxylic acid groups (broad SMARTS) is 1. The number of benzene rings is 1. The van der Waals surface area contributed by atoms with Gasteiger partial charge in [0.05, 0.1) is 4.90 Å². The number of rotatable bonds is 7. The van der Waals surface area contributed by atoms with Gasteiger partial charge >= 0.3 is 5.97 Å².